The third kappa shape index (κ3) is 4.00. The Bertz CT molecular complexity index is 392. The predicted molar refractivity (Wildman–Crippen MR) is 74.0 cm³/mol. The molecule has 5 heteroatoms. The van der Waals surface area contributed by atoms with Crippen molar-refractivity contribution in [3.63, 3.8) is 0 Å². The number of benzene rings is 1. The van der Waals surface area contributed by atoms with Crippen molar-refractivity contribution in [2.75, 3.05) is 18.0 Å². The number of hydrogen-bond acceptors (Lipinski definition) is 2. The van der Waals surface area contributed by atoms with E-state index in [0.29, 0.717) is 19.0 Å². The van der Waals surface area contributed by atoms with Crippen LogP contribution in [0.15, 0.2) is 29.3 Å². The highest BCUT2D eigenvalue weighted by Gasteiger charge is 2.10. The van der Waals surface area contributed by atoms with Gasteiger partial charge in [0.2, 0.25) is 5.96 Å². The summed E-state index contributed by atoms with van der Waals surface area (Å²) in [5, 5.41) is 0. The Balaban J connectivity index is 2.89. The SMILES string of the molecule is CCCCN=C(NN)N(CC)c1cccc(F)c1. The molecule has 0 aliphatic carbocycles. The largest absolute Gasteiger partial charge is 0.312 e. The van der Waals surface area contributed by atoms with Crippen LogP contribution in [0.5, 0.6) is 0 Å². The maximum absolute atomic E-state index is 13.2. The van der Waals surface area contributed by atoms with Gasteiger partial charge in [0.15, 0.2) is 0 Å². The fourth-order valence-electron chi connectivity index (χ4n) is 1.65. The number of unbranched alkanes of at least 4 members (excludes halogenated alkanes) is 1. The van der Waals surface area contributed by atoms with Crippen LogP contribution < -0.4 is 16.2 Å². The predicted octanol–water partition coefficient (Wildman–Crippen LogP) is 2.27. The molecule has 0 spiro atoms. The number of rotatable bonds is 5. The summed E-state index contributed by atoms with van der Waals surface area (Å²) in [6, 6.07) is 6.39. The molecule has 0 saturated carbocycles. The average Bonchev–Trinajstić information content (AvgIpc) is 2.38. The lowest BCUT2D eigenvalue weighted by Gasteiger charge is -2.24. The van der Waals surface area contributed by atoms with Crippen LogP contribution in [0.3, 0.4) is 0 Å². The lowest BCUT2D eigenvalue weighted by Crippen LogP contribution is -2.45. The van der Waals surface area contributed by atoms with E-state index in [4.69, 9.17) is 5.84 Å². The van der Waals surface area contributed by atoms with Crippen molar-refractivity contribution >= 4 is 11.6 Å². The van der Waals surface area contributed by atoms with Crippen molar-refractivity contribution < 1.29 is 4.39 Å². The molecule has 0 aliphatic rings. The molecular weight excluding hydrogens is 231 g/mol. The topological polar surface area (TPSA) is 53.6 Å². The molecule has 4 nitrogen and oxygen atoms in total. The Morgan fingerprint density at radius 1 is 1.44 bits per heavy atom. The number of hydrogen-bond donors (Lipinski definition) is 2. The Kier molecular flexibility index (Phi) is 6.14. The maximum Gasteiger partial charge on any atom is 0.212 e. The zero-order valence-corrected chi connectivity index (χ0v) is 11.0. The van der Waals surface area contributed by atoms with Crippen LogP contribution in [0.2, 0.25) is 0 Å². The van der Waals surface area contributed by atoms with E-state index in [2.05, 4.69) is 17.3 Å². The maximum atomic E-state index is 13.2. The highest BCUT2D eigenvalue weighted by Crippen LogP contribution is 2.15. The quantitative estimate of drug-likeness (QED) is 0.278. The van der Waals surface area contributed by atoms with Gasteiger partial charge in [0, 0.05) is 18.8 Å². The molecule has 0 aliphatic heterocycles. The number of aliphatic imine (C=N–C) groups is 1. The molecule has 0 radical (unpaired) electrons. The van der Waals surface area contributed by atoms with Gasteiger partial charge in [0.05, 0.1) is 0 Å². The first-order valence-electron chi connectivity index (χ1n) is 6.27. The van der Waals surface area contributed by atoms with Crippen LogP contribution in [0.1, 0.15) is 26.7 Å². The smallest absolute Gasteiger partial charge is 0.212 e. The summed E-state index contributed by atoms with van der Waals surface area (Å²) in [5.41, 5.74) is 3.32. The van der Waals surface area contributed by atoms with Crippen LogP contribution in [0.4, 0.5) is 10.1 Å². The van der Waals surface area contributed by atoms with Crippen molar-refractivity contribution in [1.82, 2.24) is 5.43 Å². The zero-order chi connectivity index (χ0) is 13.4. The van der Waals surface area contributed by atoms with Gasteiger partial charge in [-0.2, -0.15) is 0 Å². The summed E-state index contributed by atoms with van der Waals surface area (Å²) in [6.07, 6.45) is 2.08. The van der Waals surface area contributed by atoms with Gasteiger partial charge in [-0.3, -0.25) is 10.4 Å². The molecular formula is C13H21FN4. The van der Waals surface area contributed by atoms with E-state index in [0.717, 1.165) is 18.5 Å². The summed E-state index contributed by atoms with van der Waals surface area (Å²) in [7, 11) is 0. The van der Waals surface area contributed by atoms with Gasteiger partial charge in [0.25, 0.3) is 0 Å². The molecule has 100 valence electrons. The summed E-state index contributed by atoms with van der Waals surface area (Å²) in [6.45, 7) is 5.45. The van der Waals surface area contributed by atoms with Gasteiger partial charge in [-0.15, -0.1) is 0 Å². The normalized spacial score (nSPS) is 11.4. The first-order chi connectivity index (χ1) is 8.72. The number of nitrogens with one attached hydrogen (secondary N) is 1. The number of hydrazine groups is 1. The summed E-state index contributed by atoms with van der Waals surface area (Å²) < 4.78 is 13.2. The van der Waals surface area contributed by atoms with Gasteiger partial charge >= 0.3 is 0 Å². The Hall–Kier alpha value is -1.62. The minimum atomic E-state index is -0.268. The minimum absolute atomic E-state index is 0.268. The fraction of sp³-hybridized carbons (Fsp3) is 0.462. The second-order valence-corrected chi connectivity index (χ2v) is 3.93. The van der Waals surface area contributed by atoms with E-state index < -0.39 is 0 Å². The second kappa shape index (κ2) is 7.66. The highest BCUT2D eigenvalue weighted by molar-refractivity contribution is 5.95. The molecule has 0 aromatic heterocycles. The van der Waals surface area contributed by atoms with Gasteiger partial charge < -0.3 is 4.90 Å². The van der Waals surface area contributed by atoms with Crippen LogP contribution in [0, 0.1) is 5.82 Å². The molecule has 18 heavy (non-hydrogen) atoms. The van der Waals surface area contributed by atoms with Crippen LogP contribution in [-0.4, -0.2) is 19.0 Å². The Morgan fingerprint density at radius 2 is 2.22 bits per heavy atom. The number of nitrogens with two attached hydrogens (primary N) is 1. The molecule has 0 unspecified atom stereocenters. The fourth-order valence-corrected chi connectivity index (χ4v) is 1.65. The second-order valence-electron chi connectivity index (χ2n) is 3.93. The third-order valence-electron chi connectivity index (χ3n) is 2.59. The molecule has 0 saturated heterocycles. The molecule has 0 amide bonds. The molecule has 0 bridgehead atoms. The van der Waals surface area contributed by atoms with Crippen LogP contribution >= 0.6 is 0 Å². The van der Waals surface area contributed by atoms with Crippen molar-refractivity contribution in [3.05, 3.63) is 30.1 Å². The zero-order valence-electron chi connectivity index (χ0n) is 11.0. The molecule has 0 atom stereocenters. The monoisotopic (exact) mass is 252 g/mol. The van der Waals surface area contributed by atoms with E-state index in [1.165, 1.54) is 12.1 Å². The van der Waals surface area contributed by atoms with Crippen molar-refractivity contribution in [3.8, 4) is 0 Å². The highest BCUT2D eigenvalue weighted by atomic mass is 19.1. The van der Waals surface area contributed by atoms with E-state index >= 15 is 0 Å². The molecule has 0 fully saturated rings. The van der Waals surface area contributed by atoms with Gasteiger partial charge in [-0.05, 0) is 31.5 Å². The lowest BCUT2D eigenvalue weighted by molar-refractivity contribution is 0.627. The summed E-state index contributed by atoms with van der Waals surface area (Å²) in [5.74, 6) is 5.79. The van der Waals surface area contributed by atoms with Gasteiger partial charge in [-0.25, -0.2) is 10.2 Å². The summed E-state index contributed by atoms with van der Waals surface area (Å²) >= 11 is 0. The summed E-state index contributed by atoms with van der Waals surface area (Å²) in [4.78, 5) is 6.24. The number of halogens is 1. The molecule has 1 rings (SSSR count). The molecule has 1 aromatic rings. The van der Waals surface area contributed by atoms with E-state index in [1.807, 2.05) is 17.9 Å². The third-order valence-corrected chi connectivity index (χ3v) is 2.59. The first-order valence-corrected chi connectivity index (χ1v) is 6.27. The lowest BCUT2D eigenvalue weighted by atomic mass is 10.3. The van der Waals surface area contributed by atoms with E-state index in [9.17, 15) is 4.39 Å². The number of nitrogens with zero attached hydrogens (tertiary/aromatic N) is 2. The first kappa shape index (κ1) is 14.4. The minimum Gasteiger partial charge on any atom is -0.312 e. The van der Waals surface area contributed by atoms with Crippen molar-refractivity contribution in [1.29, 1.82) is 0 Å². The van der Waals surface area contributed by atoms with E-state index in [-0.39, 0.29) is 5.82 Å². The molecule has 0 heterocycles. The van der Waals surface area contributed by atoms with Crippen LogP contribution in [-0.2, 0) is 0 Å². The van der Waals surface area contributed by atoms with Gasteiger partial charge in [-0.1, -0.05) is 19.4 Å². The van der Waals surface area contributed by atoms with Crippen LogP contribution in [0.25, 0.3) is 0 Å². The average molecular weight is 252 g/mol. The standard InChI is InChI=1S/C13H21FN4/c1-3-5-9-16-13(17-15)18(4-2)12-8-6-7-11(14)10-12/h6-8,10H,3-5,9,15H2,1-2H3,(H,16,17). The Morgan fingerprint density at radius 3 is 2.78 bits per heavy atom. The van der Waals surface area contributed by atoms with Crippen molar-refractivity contribution in [2.24, 2.45) is 10.8 Å². The Labute approximate surface area is 108 Å². The molecule has 1 aromatic carbocycles. The number of guanidine groups is 1. The van der Waals surface area contributed by atoms with E-state index in [1.54, 1.807) is 6.07 Å². The number of anilines is 1. The molecule has 3 N–H and O–H groups in total. The van der Waals surface area contributed by atoms with Gasteiger partial charge in [0.1, 0.15) is 5.82 Å². The van der Waals surface area contributed by atoms with Crippen molar-refractivity contribution in [2.45, 2.75) is 26.7 Å².